The van der Waals surface area contributed by atoms with Gasteiger partial charge in [-0.25, -0.2) is 4.79 Å². The minimum atomic E-state index is -0.542. The van der Waals surface area contributed by atoms with E-state index >= 15 is 0 Å². The molecule has 2 aliphatic rings. The van der Waals surface area contributed by atoms with E-state index in [0.717, 1.165) is 44.4 Å². The fourth-order valence-corrected chi connectivity index (χ4v) is 3.71. The van der Waals surface area contributed by atoms with Gasteiger partial charge in [-0.15, -0.1) is 0 Å². The lowest BCUT2D eigenvalue weighted by atomic mass is 10.1. The van der Waals surface area contributed by atoms with Gasteiger partial charge in [-0.2, -0.15) is 0 Å². The minimum absolute atomic E-state index is 0.142. The third-order valence-electron chi connectivity index (χ3n) is 5.27. The van der Waals surface area contributed by atoms with E-state index in [0.29, 0.717) is 17.9 Å². The van der Waals surface area contributed by atoms with E-state index in [1.165, 1.54) is 11.1 Å². The lowest BCUT2D eigenvalue weighted by Gasteiger charge is -2.11. The molecule has 0 aromatic heterocycles. The van der Waals surface area contributed by atoms with Crippen LogP contribution in [0.4, 0.5) is 5.69 Å². The summed E-state index contributed by atoms with van der Waals surface area (Å²) in [5.41, 5.74) is 3.73. The van der Waals surface area contributed by atoms with Crippen LogP contribution < -0.4 is 10.1 Å². The summed E-state index contributed by atoms with van der Waals surface area (Å²) in [7, 11) is 0. The van der Waals surface area contributed by atoms with Crippen molar-refractivity contribution in [2.75, 3.05) is 25.1 Å². The van der Waals surface area contributed by atoms with Crippen molar-refractivity contribution >= 4 is 17.6 Å². The molecule has 1 fully saturated rings. The monoisotopic (exact) mass is 395 g/mol. The van der Waals surface area contributed by atoms with Gasteiger partial charge in [-0.1, -0.05) is 6.07 Å². The minimum Gasteiger partial charge on any atom is -0.491 e. The van der Waals surface area contributed by atoms with E-state index in [4.69, 9.17) is 14.2 Å². The Balaban J connectivity index is 1.23. The van der Waals surface area contributed by atoms with Crippen LogP contribution in [0.2, 0.25) is 0 Å². The summed E-state index contributed by atoms with van der Waals surface area (Å²) in [5, 5.41) is 2.78. The van der Waals surface area contributed by atoms with Gasteiger partial charge in [0.15, 0.2) is 6.61 Å². The van der Waals surface area contributed by atoms with Gasteiger partial charge in [-0.3, -0.25) is 4.79 Å². The largest absolute Gasteiger partial charge is 0.491 e. The van der Waals surface area contributed by atoms with Gasteiger partial charge in [0.05, 0.1) is 11.7 Å². The molecule has 1 aliphatic heterocycles. The Morgan fingerprint density at radius 1 is 1.03 bits per heavy atom. The Morgan fingerprint density at radius 2 is 1.86 bits per heavy atom. The van der Waals surface area contributed by atoms with E-state index in [1.807, 2.05) is 18.2 Å². The van der Waals surface area contributed by atoms with Crippen molar-refractivity contribution in [2.45, 2.75) is 38.2 Å². The van der Waals surface area contributed by atoms with Crippen molar-refractivity contribution in [3.8, 4) is 5.75 Å². The molecule has 0 bridgehead atoms. The average Bonchev–Trinajstić information content (AvgIpc) is 3.42. The van der Waals surface area contributed by atoms with Gasteiger partial charge in [0.2, 0.25) is 0 Å². The van der Waals surface area contributed by atoms with Crippen LogP contribution in [0.5, 0.6) is 5.75 Å². The van der Waals surface area contributed by atoms with Crippen molar-refractivity contribution < 1.29 is 23.8 Å². The molecule has 2 aromatic carbocycles. The van der Waals surface area contributed by atoms with Crippen molar-refractivity contribution in [1.82, 2.24) is 0 Å². The van der Waals surface area contributed by atoms with Gasteiger partial charge in [0.25, 0.3) is 5.91 Å². The highest BCUT2D eigenvalue weighted by atomic mass is 16.5. The van der Waals surface area contributed by atoms with Crippen LogP contribution in [0.25, 0.3) is 0 Å². The van der Waals surface area contributed by atoms with Crippen LogP contribution >= 0.6 is 0 Å². The molecule has 0 spiro atoms. The highest BCUT2D eigenvalue weighted by Gasteiger charge is 2.17. The number of esters is 1. The van der Waals surface area contributed by atoms with Gasteiger partial charge < -0.3 is 19.5 Å². The van der Waals surface area contributed by atoms with Gasteiger partial charge >= 0.3 is 5.97 Å². The molecular formula is C23H25NO5. The number of amides is 1. The highest BCUT2D eigenvalue weighted by Crippen LogP contribution is 2.25. The third-order valence-corrected chi connectivity index (χ3v) is 5.27. The Morgan fingerprint density at radius 3 is 2.66 bits per heavy atom. The molecule has 0 saturated carbocycles. The SMILES string of the molecule is O=C(COC(=O)c1ccc(OCC2CCCO2)cc1)Nc1ccc2c(c1)CCC2. The second-order valence-corrected chi connectivity index (χ2v) is 7.43. The Bertz CT molecular complexity index is 871. The summed E-state index contributed by atoms with van der Waals surface area (Å²) < 4.78 is 16.3. The zero-order chi connectivity index (χ0) is 20.1. The number of anilines is 1. The summed E-state index contributed by atoms with van der Waals surface area (Å²) in [6, 6.07) is 12.6. The quantitative estimate of drug-likeness (QED) is 0.726. The number of nitrogens with one attached hydrogen (secondary N) is 1. The van der Waals surface area contributed by atoms with Gasteiger partial charge in [-0.05, 0) is 79.6 Å². The van der Waals surface area contributed by atoms with Crippen molar-refractivity contribution in [2.24, 2.45) is 0 Å². The predicted octanol–water partition coefficient (Wildman–Crippen LogP) is 3.53. The maximum atomic E-state index is 12.2. The van der Waals surface area contributed by atoms with Crippen molar-refractivity contribution in [1.29, 1.82) is 0 Å². The molecule has 2 aromatic rings. The molecule has 0 radical (unpaired) electrons. The highest BCUT2D eigenvalue weighted by molar-refractivity contribution is 5.95. The summed E-state index contributed by atoms with van der Waals surface area (Å²) in [6.07, 6.45) is 5.52. The molecule has 1 N–H and O–H groups in total. The summed E-state index contributed by atoms with van der Waals surface area (Å²) >= 11 is 0. The second-order valence-electron chi connectivity index (χ2n) is 7.43. The molecular weight excluding hydrogens is 370 g/mol. The van der Waals surface area contributed by atoms with E-state index in [-0.39, 0.29) is 18.6 Å². The molecule has 4 rings (SSSR count). The molecule has 1 aliphatic carbocycles. The fourth-order valence-electron chi connectivity index (χ4n) is 3.71. The zero-order valence-corrected chi connectivity index (χ0v) is 16.3. The predicted molar refractivity (Wildman–Crippen MR) is 108 cm³/mol. The number of hydrogen-bond acceptors (Lipinski definition) is 5. The molecule has 152 valence electrons. The number of carbonyl (C=O) groups excluding carboxylic acids is 2. The van der Waals surface area contributed by atoms with Crippen LogP contribution in [0.15, 0.2) is 42.5 Å². The molecule has 1 atom stereocenters. The molecule has 1 saturated heterocycles. The van der Waals surface area contributed by atoms with Gasteiger partial charge in [0.1, 0.15) is 12.4 Å². The first-order chi connectivity index (χ1) is 14.2. The molecule has 1 heterocycles. The molecule has 29 heavy (non-hydrogen) atoms. The number of benzene rings is 2. The fraction of sp³-hybridized carbons (Fsp3) is 0.391. The van der Waals surface area contributed by atoms with Crippen LogP contribution in [-0.4, -0.2) is 37.8 Å². The number of ether oxygens (including phenoxy) is 3. The zero-order valence-electron chi connectivity index (χ0n) is 16.3. The van der Waals surface area contributed by atoms with E-state index < -0.39 is 5.97 Å². The van der Waals surface area contributed by atoms with Crippen LogP contribution in [0.3, 0.4) is 0 Å². The summed E-state index contributed by atoms with van der Waals surface area (Å²) in [5.74, 6) is -0.223. The van der Waals surface area contributed by atoms with Gasteiger partial charge in [0, 0.05) is 12.3 Å². The Kier molecular flexibility index (Phi) is 6.10. The van der Waals surface area contributed by atoms with Crippen molar-refractivity contribution in [3.05, 3.63) is 59.2 Å². The molecule has 1 amide bonds. The number of rotatable bonds is 7. The Labute approximate surface area is 170 Å². The normalized spacial score (nSPS) is 17.6. The second kappa shape index (κ2) is 9.09. The van der Waals surface area contributed by atoms with E-state index in [9.17, 15) is 9.59 Å². The first-order valence-electron chi connectivity index (χ1n) is 10.1. The smallest absolute Gasteiger partial charge is 0.338 e. The maximum Gasteiger partial charge on any atom is 0.338 e. The van der Waals surface area contributed by atoms with E-state index in [2.05, 4.69) is 5.32 Å². The molecule has 1 unspecified atom stereocenters. The summed E-state index contributed by atoms with van der Waals surface area (Å²) in [6.45, 7) is 0.971. The molecule has 6 nitrogen and oxygen atoms in total. The number of fused-ring (bicyclic) bond motifs is 1. The van der Waals surface area contributed by atoms with Crippen LogP contribution in [0.1, 0.15) is 40.7 Å². The lowest BCUT2D eigenvalue weighted by Crippen LogP contribution is -2.21. The van der Waals surface area contributed by atoms with Crippen molar-refractivity contribution in [3.63, 3.8) is 0 Å². The van der Waals surface area contributed by atoms with Crippen LogP contribution in [-0.2, 0) is 27.1 Å². The number of aryl methyl sites for hydroxylation is 2. The summed E-state index contributed by atoms with van der Waals surface area (Å²) in [4.78, 5) is 24.3. The average molecular weight is 395 g/mol. The number of hydrogen-bond donors (Lipinski definition) is 1. The lowest BCUT2D eigenvalue weighted by molar-refractivity contribution is -0.119. The Hall–Kier alpha value is -2.86. The topological polar surface area (TPSA) is 73.9 Å². The third kappa shape index (κ3) is 5.15. The standard InChI is InChI=1S/C23H25NO5/c25-22(24-19-9-6-16-3-1-4-18(16)13-19)15-29-23(26)17-7-10-20(11-8-17)28-14-21-5-2-12-27-21/h6-11,13,21H,1-5,12,14-15H2,(H,24,25). The van der Waals surface area contributed by atoms with E-state index in [1.54, 1.807) is 24.3 Å². The maximum absolute atomic E-state index is 12.2. The molecule has 6 heteroatoms. The number of carbonyl (C=O) groups is 2. The first kappa shape index (κ1) is 19.5. The van der Waals surface area contributed by atoms with Crippen LogP contribution in [0, 0.1) is 0 Å². The first-order valence-corrected chi connectivity index (χ1v) is 10.1.